The van der Waals surface area contributed by atoms with Gasteiger partial charge in [0.25, 0.3) is 5.91 Å². The molecule has 1 heterocycles. The Morgan fingerprint density at radius 2 is 2.12 bits per heavy atom. The van der Waals surface area contributed by atoms with Crippen LogP contribution in [0.3, 0.4) is 0 Å². The molecule has 6 heteroatoms. The van der Waals surface area contributed by atoms with Gasteiger partial charge >= 0.3 is 5.97 Å². The lowest BCUT2D eigenvalue weighted by molar-refractivity contribution is -0.137. The summed E-state index contributed by atoms with van der Waals surface area (Å²) in [6.07, 6.45) is 7.36. The number of hydrogen-bond acceptors (Lipinski definition) is 4. The first-order valence-electron chi connectivity index (χ1n) is 7.39. The molecule has 0 saturated heterocycles. The standard InChI is InChI=1S/C18H15BrN2O3/c1-24-18(23)15-16(20-10-11-6-2-4-8-13(11)19)12-7-3-5-9-14(12)21-17(15)22/h2-9,12,20H,10H2,1H3. The van der Waals surface area contributed by atoms with Gasteiger partial charge in [0.15, 0.2) is 0 Å². The molecule has 122 valence electrons. The van der Waals surface area contributed by atoms with Crippen LogP contribution in [-0.2, 0) is 20.9 Å². The third-order valence-electron chi connectivity index (χ3n) is 3.84. The van der Waals surface area contributed by atoms with Crippen molar-refractivity contribution in [3.8, 4) is 0 Å². The van der Waals surface area contributed by atoms with Gasteiger partial charge in [-0.3, -0.25) is 4.79 Å². The van der Waals surface area contributed by atoms with E-state index in [1.807, 2.05) is 42.5 Å². The van der Waals surface area contributed by atoms with E-state index in [0.29, 0.717) is 18.0 Å². The van der Waals surface area contributed by atoms with Crippen LogP contribution in [0.25, 0.3) is 0 Å². The largest absolute Gasteiger partial charge is 0.465 e. The molecule has 2 aliphatic rings. The Labute approximate surface area is 147 Å². The fraction of sp³-hybridized carbons (Fsp3) is 0.167. The fourth-order valence-electron chi connectivity index (χ4n) is 2.66. The van der Waals surface area contributed by atoms with Crippen molar-refractivity contribution in [2.75, 3.05) is 7.11 Å². The van der Waals surface area contributed by atoms with E-state index in [-0.39, 0.29) is 11.5 Å². The maximum atomic E-state index is 12.3. The molecule has 1 aliphatic heterocycles. The summed E-state index contributed by atoms with van der Waals surface area (Å²) in [7, 11) is 1.25. The number of carbonyl (C=O) groups excluding carboxylic acids is 2. The maximum Gasteiger partial charge on any atom is 0.345 e. The molecule has 1 amide bonds. The number of fused-ring (bicyclic) bond motifs is 1. The highest BCUT2D eigenvalue weighted by atomic mass is 79.9. The monoisotopic (exact) mass is 386 g/mol. The van der Waals surface area contributed by atoms with Crippen molar-refractivity contribution in [2.45, 2.75) is 6.54 Å². The summed E-state index contributed by atoms with van der Waals surface area (Å²) in [5.41, 5.74) is 2.11. The Balaban J connectivity index is 1.96. The van der Waals surface area contributed by atoms with Gasteiger partial charge in [0.2, 0.25) is 0 Å². The van der Waals surface area contributed by atoms with E-state index in [2.05, 4.69) is 26.2 Å². The number of nitrogens with zero attached hydrogens (tertiary/aromatic N) is 1. The average Bonchev–Trinajstić information content (AvgIpc) is 2.60. The van der Waals surface area contributed by atoms with E-state index in [0.717, 1.165) is 10.0 Å². The molecule has 1 atom stereocenters. The van der Waals surface area contributed by atoms with Crippen LogP contribution in [0, 0.1) is 5.92 Å². The van der Waals surface area contributed by atoms with E-state index >= 15 is 0 Å². The molecular formula is C18H15BrN2O3. The number of methoxy groups -OCH3 is 1. The van der Waals surface area contributed by atoms with Crippen LogP contribution in [0.5, 0.6) is 0 Å². The summed E-state index contributed by atoms with van der Waals surface area (Å²) in [6.45, 7) is 0.464. The van der Waals surface area contributed by atoms with Crippen molar-refractivity contribution in [2.24, 2.45) is 10.9 Å². The third kappa shape index (κ3) is 3.10. The number of dihydropyridines is 1. The number of aliphatic imine (C=N–C) groups is 1. The van der Waals surface area contributed by atoms with Gasteiger partial charge in [-0.1, -0.05) is 52.4 Å². The summed E-state index contributed by atoms with van der Waals surface area (Å²) < 4.78 is 5.72. The Bertz CT molecular complexity index is 821. The molecular weight excluding hydrogens is 372 g/mol. The van der Waals surface area contributed by atoms with Gasteiger partial charge in [0.05, 0.1) is 18.7 Å². The van der Waals surface area contributed by atoms with Crippen LogP contribution in [0.2, 0.25) is 0 Å². The number of ether oxygens (including phenoxy) is 1. The number of amides is 1. The number of halogens is 1. The summed E-state index contributed by atoms with van der Waals surface area (Å²) in [5.74, 6) is -1.52. The molecule has 1 aromatic rings. The molecule has 1 aromatic carbocycles. The van der Waals surface area contributed by atoms with Crippen molar-refractivity contribution in [3.05, 3.63) is 69.9 Å². The number of allylic oxidation sites excluding steroid dienone is 4. The van der Waals surface area contributed by atoms with Crippen LogP contribution >= 0.6 is 15.9 Å². The highest BCUT2D eigenvalue weighted by molar-refractivity contribution is 9.10. The molecule has 1 aliphatic carbocycles. The van der Waals surface area contributed by atoms with Crippen molar-refractivity contribution >= 4 is 33.5 Å². The zero-order valence-electron chi connectivity index (χ0n) is 13.0. The van der Waals surface area contributed by atoms with Crippen molar-refractivity contribution < 1.29 is 14.3 Å². The van der Waals surface area contributed by atoms with Gasteiger partial charge in [-0.2, -0.15) is 0 Å². The van der Waals surface area contributed by atoms with Crippen molar-refractivity contribution in [1.82, 2.24) is 5.32 Å². The second-order valence-electron chi connectivity index (χ2n) is 5.29. The molecule has 3 rings (SSSR count). The van der Waals surface area contributed by atoms with E-state index in [9.17, 15) is 9.59 Å². The molecule has 24 heavy (non-hydrogen) atoms. The fourth-order valence-corrected chi connectivity index (χ4v) is 3.08. The molecule has 5 nitrogen and oxygen atoms in total. The average molecular weight is 387 g/mol. The Kier molecular flexibility index (Phi) is 4.76. The van der Waals surface area contributed by atoms with Gasteiger partial charge in [-0.25, -0.2) is 9.79 Å². The highest BCUT2D eigenvalue weighted by Crippen LogP contribution is 2.27. The lowest BCUT2D eigenvalue weighted by Crippen LogP contribution is -2.35. The molecule has 1 unspecified atom stereocenters. The summed E-state index contributed by atoms with van der Waals surface area (Å²) in [6, 6.07) is 7.76. The first-order valence-corrected chi connectivity index (χ1v) is 8.18. The van der Waals surface area contributed by atoms with E-state index < -0.39 is 11.9 Å². The highest BCUT2D eigenvalue weighted by Gasteiger charge is 2.34. The molecule has 0 saturated carbocycles. The second-order valence-corrected chi connectivity index (χ2v) is 6.14. The van der Waals surface area contributed by atoms with Crippen molar-refractivity contribution in [3.63, 3.8) is 0 Å². The lowest BCUT2D eigenvalue weighted by atomic mass is 9.89. The van der Waals surface area contributed by atoms with Gasteiger partial charge in [-0.15, -0.1) is 0 Å². The van der Waals surface area contributed by atoms with Crippen LogP contribution in [0.4, 0.5) is 0 Å². The zero-order valence-corrected chi connectivity index (χ0v) is 14.5. The van der Waals surface area contributed by atoms with Crippen molar-refractivity contribution in [1.29, 1.82) is 0 Å². The zero-order chi connectivity index (χ0) is 17.1. The second kappa shape index (κ2) is 6.97. The predicted octanol–water partition coefficient (Wildman–Crippen LogP) is 2.69. The third-order valence-corrected chi connectivity index (χ3v) is 4.62. The lowest BCUT2D eigenvalue weighted by Gasteiger charge is -2.26. The number of esters is 1. The molecule has 0 aromatic heterocycles. The van der Waals surface area contributed by atoms with E-state index in [1.54, 1.807) is 6.08 Å². The van der Waals surface area contributed by atoms with Gasteiger partial charge in [0, 0.05) is 16.7 Å². The SMILES string of the molecule is COC(=O)C1=C(NCc2ccccc2Br)C2C=CC=CC2=NC1=O. The Morgan fingerprint density at radius 1 is 1.33 bits per heavy atom. The van der Waals surface area contributed by atoms with Crippen LogP contribution in [-0.4, -0.2) is 24.7 Å². The number of hydrogen-bond donors (Lipinski definition) is 1. The van der Waals surface area contributed by atoms with E-state index in [1.165, 1.54) is 7.11 Å². The minimum atomic E-state index is -0.680. The number of carbonyl (C=O) groups is 2. The van der Waals surface area contributed by atoms with Crippen LogP contribution in [0.15, 0.2) is 69.3 Å². The predicted molar refractivity (Wildman–Crippen MR) is 94.2 cm³/mol. The van der Waals surface area contributed by atoms with Crippen LogP contribution < -0.4 is 5.32 Å². The molecule has 0 spiro atoms. The Morgan fingerprint density at radius 3 is 2.88 bits per heavy atom. The minimum Gasteiger partial charge on any atom is -0.465 e. The minimum absolute atomic E-state index is 0.0433. The molecule has 0 bridgehead atoms. The molecule has 0 fully saturated rings. The van der Waals surface area contributed by atoms with Crippen LogP contribution in [0.1, 0.15) is 5.56 Å². The number of nitrogens with one attached hydrogen (secondary N) is 1. The first kappa shape index (κ1) is 16.4. The van der Waals surface area contributed by atoms with Gasteiger partial charge in [-0.05, 0) is 17.7 Å². The maximum absolute atomic E-state index is 12.3. The Hall–Kier alpha value is -2.47. The summed E-state index contributed by atoms with van der Waals surface area (Å²) in [4.78, 5) is 28.4. The number of benzene rings is 1. The molecule has 0 radical (unpaired) electrons. The number of rotatable bonds is 4. The quantitative estimate of drug-likeness (QED) is 0.637. The molecule has 1 N–H and O–H groups in total. The normalized spacial score (nSPS) is 19.0. The smallest absolute Gasteiger partial charge is 0.345 e. The van der Waals surface area contributed by atoms with Gasteiger partial charge < -0.3 is 10.1 Å². The summed E-state index contributed by atoms with van der Waals surface area (Å²) >= 11 is 3.50. The summed E-state index contributed by atoms with van der Waals surface area (Å²) in [5, 5.41) is 3.24. The van der Waals surface area contributed by atoms with Gasteiger partial charge in [0.1, 0.15) is 5.57 Å². The first-order chi connectivity index (χ1) is 11.6. The topological polar surface area (TPSA) is 67.8 Å². The van der Waals surface area contributed by atoms with E-state index in [4.69, 9.17) is 4.74 Å².